The van der Waals surface area contributed by atoms with Crippen LogP contribution in [0.5, 0.6) is 0 Å². The number of benzene rings is 1. The first-order valence-electron chi connectivity index (χ1n) is 7.76. The lowest BCUT2D eigenvalue weighted by Crippen LogP contribution is -2.26. The maximum atomic E-state index is 12.2. The number of nitrogens with one attached hydrogen (secondary N) is 1. The lowest BCUT2D eigenvalue weighted by molar-refractivity contribution is 0.102. The van der Waals surface area contributed by atoms with Crippen molar-refractivity contribution in [3.05, 3.63) is 48.3 Å². The first-order chi connectivity index (χ1) is 10.8. The van der Waals surface area contributed by atoms with Gasteiger partial charge in [-0.25, -0.2) is 9.97 Å². The Bertz CT molecular complexity index is 604. The van der Waals surface area contributed by atoms with Crippen molar-refractivity contribution < 1.29 is 4.79 Å². The average molecular weight is 296 g/mol. The van der Waals surface area contributed by atoms with Crippen LogP contribution in [0.1, 0.15) is 36.0 Å². The van der Waals surface area contributed by atoms with E-state index >= 15 is 0 Å². The van der Waals surface area contributed by atoms with Crippen LogP contribution in [0.2, 0.25) is 0 Å². The van der Waals surface area contributed by atoms with Crippen LogP contribution in [0, 0.1) is 0 Å². The number of nitrogens with zero attached hydrogens (tertiary/aromatic N) is 3. The van der Waals surface area contributed by atoms with Crippen molar-refractivity contribution >= 4 is 17.5 Å². The Morgan fingerprint density at radius 2 is 1.59 bits per heavy atom. The van der Waals surface area contributed by atoms with E-state index < -0.39 is 0 Å². The van der Waals surface area contributed by atoms with Crippen LogP contribution >= 0.6 is 0 Å². The van der Waals surface area contributed by atoms with Gasteiger partial charge in [0.15, 0.2) is 0 Å². The Labute approximate surface area is 130 Å². The fourth-order valence-corrected chi connectivity index (χ4v) is 2.60. The number of hydrogen-bond acceptors (Lipinski definition) is 4. The fraction of sp³-hybridized carbons (Fsp3) is 0.353. The summed E-state index contributed by atoms with van der Waals surface area (Å²) in [5, 5.41) is 2.83. The van der Waals surface area contributed by atoms with Crippen LogP contribution in [0.3, 0.4) is 0 Å². The minimum Gasteiger partial charge on any atom is -0.341 e. The van der Waals surface area contributed by atoms with E-state index in [1.54, 1.807) is 12.4 Å². The highest BCUT2D eigenvalue weighted by molar-refractivity contribution is 6.03. The molecule has 0 saturated carbocycles. The van der Waals surface area contributed by atoms with Crippen molar-refractivity contribution in [2.24, 2.45) is 0 Å². The van der Waals surface area contributed by atoms with Crippen LogP contribution in [-0.4, -0.2) is 29.0 Å². The van der Waals surface area contributed by atoms with Gasteiger partial charge in [-0.15, -0.1) is 0 Å². The summed E-state index contributed by atoms with van der Waals surface area (Å²) in [6, 6.07) is 9.38. The van der Waals surface area contributed by atoms with E-state index in [9.17, 15) is 4.79 Å². The molecule has 1 aromatic heterocycles. The minimum atomic E-state index is -0.186. The fourth-order valence-electron chi connectivity index (χ4n) is 2.60. The first-order valence-corrected chi connectivity index (χ1v) is 7.76. The number of aromatic nitrogens is 2. The maximum absolute atomic E-state index is 12.2. The number of amides is 1. The van der Waals surface area contributed by atoms with Crippen molar-refractivity contribution in [1.29, 1.82) is 0 Å². The van der Waals surface area contributed by atoms with Gasteiger partial charge in [0.05, 0.1) is 5.56 Å². The van der Waals surface area contributed by atoms with Crippen molar-refractivity contribution in [1.82, 2.24) is 9.97 Å². The quantitative estimate of drug-likeness (QED) is 0.945. The molecule has 1 amide bonds. The second-order valence-corrected chi connectivity index (χ2v) is 5.49. The molecule has 2 heterocycles. The van der Waals surface area contributed by atoms with E-state index in [0.29, 0.717) is 5.56 Å². The van der Waals surface area contributed by atoms with Crippen LogP contribution < -0.4 is 10.2 Å². The predicted octanol–water partition coefficient (Wildman–Crippen LogP) is 3.11. The maximum Gasteiger partial charge on any atom is 0.258 e. The lowest BCUT2D eigenvalue weighted by Gasteiger charge is -2.19. The molecular formula is C17H20N4O. The molecule has 1 fully saturated rings. The van der Waals surface area contributed by atoms with Crippen LogP contribution in [0.25, 0.3) is 0 Å². The second-order valence-electron chi connectivity index (χ2n) is 5.49. The van der Waals surface area contributed by atoms with Gasteiger partial charge < -0.3 is 10.2 Å². The lowest BCUT2D eigenvalue weighted by atomic mass is 10.2. The van der Waals surface area contributed by atoms with Gasteiger partial charge in [0.25, 0.3) is 5.91 Å². The number of rotatable bonds is 3. The molecule has 5 nitrogen and oxygen atoms in total. The highest BCUT2D eigenvalue weighted by Crippen LogP contribution is 2.15. The largest absolute Gasteiger partial charge is 0.341 e. The van der Waals surface area contributed by atoms with Gasteiger partial charge in [0, 0.05) is 31.2 Å². The topological polar surface area (TPSA) is 58.1 Å². The van der Waals surface area contributed by atoms with Gasteiger partial charge in [-0.3, -0.25) is 4.79 Å². The smallest absolute Gasteiger partial charge is 0.258 e. The molecule has 0 bridgehead atoms. The number of carbonyl (C=O) groups is 1. The molecule has 0 unspecified atom stereocenters. The van der Waals surface area contributed by atoms with E-state index in [1.807, 2.05) is 30.3 Å². The summed E-state index contributed by atoms with van der Waals surface area (Å²) < 4.78 is 0. The van der Waals surface area contributed by atoms with Crippen LogP contribution in [0.4, 0.5) is 11.6 Å². The van der Waals surface area contributed by atoms with Gasteiger partial charge in [-0.1, -0.05) is 31.0 Å². The number of carbonyl (C=O) groups excluding carboxylic acids is 1. The number of hydrogen-bond donors (Lipinski definition) is 1. The molecule has 1 saturated heterocycles. The van der Waals surface area contributed by atoms with E-state index in [1.165, 1.54) is 25.7 Å². The molecule has 1 aliphatic rings. The zero-order valence-electron chi connectivity index (χ0n) is 12.5. The van der Waals surface area contributed by atoms with Crippen LogP contribution in [0.15, 0.2) is 42.7 Å². The SMILES string of the molecule is O=C(Nc1ccccc1)c1cnc(N2CCCCCC2)nc1. The highest BCUT2D eigenvalue weighted by Gasteiger charge is 2.13. The molecule has 22 heavy (non-hydrogen) atoms. The third-order valence-electron chi connectivity index (χ3n) is 3.82. The second kappa shape index (κ2) is 7.02. The summed E-state index contributed by atoms with van der Waals surface area (Å²) in [5.74, 6) is 0.534. The zero-order valence-corrected chi connectivity index (χ0v) is 12.5. The summed E-state index contributed by atoms with van der Waals surface area (Å²) >= 11 is 0. The monoisotopic (exact) mass is 296 g/mol. The Morgan fingerprint density at radius 1 is 0.955 bits per heavy atom. The van der Waals surface area contributed by atoms with Crippen LogP contribution in [-0.2, 0) is 0 Å². The average Bonchev–Trinajstić information content (AvgIpc) is 2.85. The molecule has 1 N–H and O–H groups in total. The molecule has 1 aromatic carbocycles. The third-order valence-corrected chi connectivity index (χ3v) is 3.82. The summed E-state index contributed by atoms with van der Waals surface area (Å²) in [6.07, 6.45) is 8.11. The molecule has 114 valence electrons. The molecule has 5 heteroatoms. The summed E-state index contributed by atoms with van der Waals surface area (Å²) in [6.45, 7) is 1.99. The van der Waals surface area contributed by atoms with E-state index in [0.717, 1.165) is 24.7 Å². The molecule has 2 aromatic rings. The Morgan fingerprint density at radius 3 is 2.23 bits per heavy atom. The molecule has 0 spiro atoms. The summed E-state index contributed by atoms with van der Waals surface area (Å²) in [5.41, 5.74) is 1.24. The summed E-state index contributed by atoms with van der Waals surface area (Å²) in [7, 11) is 0. The van der Waals surface area contributed by atoms with E-state index in [2.05, 4.69) is 20.2 Å². The van der Waals surface area contributed by atoms with Crippen molar-refractivity contribution in [2.45, 2.75) is 25.7 Å². The van der Waals surface area contributed by atoms with E-state index in [4.69, 9.17) is 0 Å². The van der Waals surface area contributed by atoms with Gasteiger partial charge >= 0.3 is 0 Å². The number of para-hydroxylation sites is 1. The van der Waals surface area contributed by atoms with Gasteiger partial charge in [0.1, 0.15) is 0 Å². The molecule has 0 aliphatic carbocycles. The normalized spacial score (nSPS) is 15.2. The van der Waals surface area contributed by atoms with Crippen molar-refractivity contribution in [3.63, 3.8) is 0 Å². The predicted molar refractivity (Wildman–Crippen MR) is 87.1 cm³/mol. The van der Waals surface area contributed by atoms with Gasteiger partial charge in [0.2, 0.25) is 5.95 Å². The van der Waals surface area contributed by atoms with Gasteiger partial charge in [-0.05, 0) is 25.0 Å². The van der Waals surface area contributed by atoms with Gasteiger partial charge in [-0.2, -0.15) is 0 Å². The Hall–Kier alpha value is -2.43. The third kappa shape index (κ3) is 3.61. The molecule has 0 atom stereocenters. The Balaban J connectivity index is 1.66. The van der Waals surface area contributed by atoms with E-state index in [-0.39, 0.29) is 5.91 Å². The van der Waals surface area contributed by atoms with Crippen molar-refractivity contribution in [2.75, 3.05) is 23.3 Å². The molecule has 0 radical (unpaired) electrons. The summed E-state index contributed by atoms with van der Waals surface area (Å²) in [4.78, 5) is 23.1. The van der Waals surface area contributed by atoms with Crippen molar-refractivity contribution in [3.8, 4) is 0 Å². The minimum absolute atomic E-state index is 0.186. The molecular weight excluding hydrogens is 276 g/mol. The highest BCUT2D eigenvalue weighted by atomic mass is 16.1. The Kier molecular flexibility index (Phi) is 4.63. The first kappa shape index (κ1) is 14.5. The standard InChI is InChI=1S/C17H20N4O/c22-16(20-15-8-4-3-5-9-15)14-12-18-17(19-13-14)21-10-6-1-2-7-11-21/h3-5,8-9,12-13H,1-2,6-7,10-11H2,(H,20,22). The molecule has 3 rings (SSSR count). The molecule has 1 aliphatic heterocycles. The number of anilines is 2. The zero-order chi connectivity index (χ0) is 15.2.